The van der Waals surface area contributed by atoms with Gasteiger partial charge in [-0.1, -0.05) is 30.3 Å². The zero-order valence-electron chi connectivity index (χ0n) is 14.5. The number of hydrogen-bond acceptors (Lipinski definition) is 7. The number of nitrogens with zero attached hydrogens (tertiary/aromatic N) is 3. The van der Waals surface area contributed by atoms with Gasteiger partial charge in [0.05, 0.1) is 13.2 Å². The van der Waals surface area contributed by atoms with Crippen molar-refractivity contribution in [1.29, 1.82) is 0 Å². The van der Waals surface area contributed by atoms with Gasteiger partial charge in [0.15, 0.2) is 5.82 Å². The molecular formula is C19H21N5O2. The lowest BCUT2D eigenvalue weighted by molar-refractivity contribution is 0.280. The number of nitrogens with two attached hydrogens (primary N) is 1. The minimum absolute atomic E-state index is 0.114. The standard InChI is InChI=1S/C19H21N5O2/c1-2-26-15-8-9-16(14(10-15)12-25)17-22-18(20)24-19(23-17)21-11-13-6-4-3-5-7-13/h3-10,25H,2,11-12H2,1H3,(H3,20,21,22,23,24). The maximum atomic E-state index is 9.69. The highest BCUT2D eigenvalue weighted by Gasteiger charge is 2.12. The Morgan fingerprint density at radius 3 is 2.62 bits per heavy atom. The summed E-state index contributed by atoms with van der Waals surface area (Å²) in [7, 11) is 0. The van der Waals surface area contributed by atoms with Crippen LogP contribution in [0, 0.1) is 0 Å². The molecule has 0 radical (unpaired) electrons. The maximum Gasteiger partial charge on any atom is 0.228 e. The Morgan fingerprint density at radius 1 is 1.08 bits per heavy atom. The molecule has 26 heavy (non-hydrogen) atoms. The summed E-state index contributed by atoms with van der Waals surface area (Å²) in [5, 5.41) is 12.8. The van der Waals surface area contributed by atoms with Crippen LogP contribution in [0.2, 0.25) is 0 Å². The van der Waals surface area contributed by atoms with E-state index >= 15 is 0 Å². The van der Waals surface area contributed by atoms with Crippen molar-refractivity contribution in [3.05, 3.63) is 59.7 Å². The van der Waals surface area contributed by atoms with Crippen LogP contribution in [0.5, 0.6) is 5.75 Å². The van der Waals surface area contributed by atoms with E-state index in [1.165, 1.54) is 0 Å². The van der Waals surface area contributed by atoms with Crippen molar-refractivity contribution in [1.82, 2.24) is 15.0 Å². The molecule has 0 saturated carbocycles. The fraction of sp³-hybridized carbons (Fsp3) is 0.211. The van der Waals surface area contributed by atoms with Crippen LogP contribution in [0.15, 0.2) is 48.5 Å². The molecule has 1 heterocycles. The number of aliphatic hydroxyl groups excluding tert-OH is 1. The van der Waals surface area contributed by atoms with E-state index < -0.39 is 0 Å². The third kappa shape index (κ3) is 4.25. The van der Waals surface area contributed by atoms with Crippen molar-refractivity contribution in [3.8, 4) is 17.1 Å². The fourth-order valence-corrected chi connectivity index (χ4v) is 2.54. The van der Waals surface area contributed by atoms with E-state index in [0.717, 1.165) is 5.56 Å². The van der Waals surface area contributed by atoms with E-state index in [4.69, 9.17) is 10.5 Å². The molecule has 7 nitrogen and oxygen atoms in total. The molecule has 0 aliphatic rings. The molecule has 0 aliphatic heterocycles. The molecular weight excluding hydrogens is 330 g/mol. The van der Waals surface area contributed by atoms with Crippen molar-refractivity contribution in [2.45, 2.75) is 20.1 Å². The second-order valence-electron chi connectivity index (χ2n) is 5.59. The summed E-state index contributed by atoms with van der Waals surface area (Å²) >= 11 is 0. The van der Waals surface area contributed by atoms with Crippen molar-refractivity contribution in [2.24, 2.45) is 0 Å². The Labute approximate surface area is 151 Å². The lowest BCUT2D eigenvalue weighted by atomic mass is 10.1. The quantitative estimate of drug-likeness (QED) is 0.601. The third-order valence-electron chi connectivity index (χ3n) is 3.75. The minimum atomic E-state index is -0.158. The van der Waals surface area contributed by atoms with Gasteiger partial charge in [0, 0.05) is 12.1 Å². The molecule has 134 valence electrons. The maximum absolute atomic E-state index is 9.69. The molecule has 0 atom stereocenters. The van der Waals surface area contributed by atoms with Crippen LogP contribution in [0.3, 0.4) is 0 Å². The van der Waals surface area contributed by atoms with Crippen LogP contribution in [0.1, 0.15) is 18.1 Å². The number of anilines is 2. The number of hydrogen-bond donors (Lipinski definition) is 3. The van der Waals surface area contributed by atoms with Gasteiger partial charge in [-0.05, 0) is 36.2 Å². The van der Waals surface area contributed by atoms with E-state index in [1.807, 2.05) is 49.4 Å². The molecule has 1 aromatic heterocycles. The number of nitrogens with one attached hydrogen (secondary N) is 1. The lowest BCUT2D eigenvalue weighted by Gasteiger charge is -2.11. The molecule has 0 fully saturated rings. The molecule has 0 saturated heterocycles. The third-order valence-corrected chi connectivity index (χ3v) is 3.75. The summed E-state index contributed by atoms with van der Waals surface area (Å²) in [5.41, 5.74) is 8.30. The zero-order chi connectivity index (χ0) is 18.4. The molecule has 0 unspecified atom stereocenters. The molecule has 4 N–H and O–H groups in total. The average molecular weight is 351 g/mol. The summed E-state index contributed by atoms with van der Waals surface area (Å²) in [5.74, 6) is 1.59. The first kappa shape index (κ1) is 17.6. The zero-order valence-corrected chi connectivity index (χ0v) is 14.5. The van der Waals surface area contributed by atoms with Crippen molar-refractivity contribution in [3.63, 3.8) is 0 Å². The van der Waals surface area contributed by atoms with Crippen molar-refractivity contribution < 1.29 is 9.84 Å². The Balaban J connectivity index is 1.87. The largest absolute Gasteiger partial charge is 0.494 e. The van der Waals surface area contributed by atoms with Gasteiger partial charge >= 0.3 is 0 Å². The molecule has 2 aromatic carbocycles. The van der Waals surface area contributed by atoms with Gasteiger partial charge < -0.3 is 20.9 Å². The molecule has 0 aliphatic carbocycles. The van der Waals surface area contributed by atoms with E-state index in [1.54, 1.807) is 6.07 Å². The van der Waals surface area contributed by atoms with Crippen LogP contribution >= 0.6 is 0 Å². The van der Waals surface area contributed by atoms with Crippen LogP contribution in [0.4, 0.5) is 11.9 Å². The number of nitrogen functional groups attached to an aromatic ring is 1. The van der Waals surface area contributed by atoms with Gasteiger partial charge in [0.25, 0.3) is 0 Å². The first-order valence-electron chi connectivity index (χ1n) is 8.36. The van der Waals surface area contributed by atoms with Gasteiger partial charge in [-0.2, -0.15) is 15.0 Å². The predicted octanol–water partition coefficient (Wildman–Crippen LogP) is 2.62. The van der Waals surface area contributed by atoms with E-state index in [0.29, 0.717) is 41.8 Å². The highest BCUT2D eigenvalue weighted by Crippen LogP contribution is 2.26. The molecule has 0 amide bonds. The number of aliphatic hydroxyl groups is 1. The summed E-state index contributed by atoms with van der Waals surface area (Å²) < 4.78 is 5.47. The SMILES string of the molecule is CCOc1ccc(-c2nc(N)nc(NCc3ccccc3)n2)c(CO)c1. The molecule has 3 aromatic rings. The van der Waals surface area contributed by atoms with Crippen LogP contribution < -0.4 is 15.8 Å². The normalized spacial score (nSPS) is 10.5. The highest BCUT2D eigenvalue weighted by atomic mass is 16.5. The number of ether oxygens (including phenoxy) is 1. The van der Waals surface area contributed by atoms with Crippen LogP contribution in [-0.2, 0) is 13.2 Å². The van der Waals surface area contributed by atoms with E-state index in [2.05, 4.69) is 20.3 Å². The topological polar surface area (TPSA) is 106 Å². The summed E-state index contributed by atoms with van der Waals surface area (Å²) in [4.78, 5) is 12.8. The minimum Gasteiger partial charge on any atom is -0.494 e. The van der Waals surface area contributed by atoms with Gasteiger partial charge in [0.1, 0.15) is 5.75 Å². The second-order valence-corrected chi connectivity index (χ2v) is 5.59. The number of rotatable bonds is 7. The van der Waals surface area contributed by atoms with Crippen LogP contribution in [0.25, 0.3) is 11.4 Å². The summed E-state index contributed by atoms with van der Waals surface area (Å²) in [6.45, 7) is 2.87. The second kappa shape index (κ2) is 8.26. The molecule has 3 rings (SSSR count). The molecule has 7 heteroatoms. The van der Waals surface area contributed by atoms with Gasteiger partial charge in [-0.3, -0.25) is 0 Å². The van der Waals surface area contributed by atoms with E-state index in [-0.39, 0.29) is 12.6 Å². The van der Waals surface area contributed by atoms with Gasteiger partial charge in [0.2, 0.25) is 11.9 Å². The monoisotopic (exact) mass is 351 g/mol. The molecule has 0 spiro atoms. The first-order chi connectivity index (χ1) is 12.7. The Morgan fingerprint density at radius 2 is 1.88 bits per heavy atom. The van der Waals surface area contributed by atoms with Gasteiger partial charge in [-0.25, -0.2) is 0 Å². The average Bonchev–Trinajstić information content (AvgIpc) is 2.67. The van der Waals surface area contributed by atoms with Gasteiger partial charge in [-0.15, -0.1) is 0 Å². The molecule has 0 bridgehead atoms. The Hall–Kier alpha value is -3.19. The highest BCUT2D eigenvalue weighted by molar-refractivity contribution is 5.63. The summed E-state index contributed by atoms with van der Waals surface area (Å²) in [6.07, 6.45) is 0. The predicted molar refractivity (Wildman–Crippen MR) is 101 cm³/mol. The Bertz CT molecular complexity index is 871. The van der Waals surface area contributed by atoms with Crippen LogP contribution in [-0.4, -0.2) is 26.7 Å². The van der Waals surface area contributed by atoms with Crippen molar-refractivity contribution >= 4 is 11.9 Å². The number of benzene rings is 2. The number of aromatic nitrogens is 3. The van der Waals surface area contributed by atoms with Crippen molar-refractivity contribution in [2.75, 3.05) is 17.7 Å². The van der Waals surface area contributed by atoms with E-state index in [9.17, 15) is 5.11 Å². The fourth-order valence-electron chi connectivity index (χ4n) is 2.54. The summed E-state index contributed by atoms with van der Waals surface area (Å²) in [6, 6.07) is 15.3. The lowest BCUT2D eigenvalue weighted by Crippen LogP contribution is -2.08. The first-order valence-corrected chi connectivity index (χ1v) is 8.36. The smallest absolute Gasteiger partial charge is 0.228 e. The Kier molecular flexibility index (Phi) is 5.60.